The Balaban J connectivity index is 0.00000484. The molecule has 138 valence electrons. The van der Waals surface area contributed by atoms with Crippen molar-refractivity contribution in [2.24, 2.45) is 4.99 Å². The number of nitrogens with zero attached hydrogens (tertiary/aromatic N) is 3. The van der Waals surface area contributed by atoms with E-state index in [-0.39, 0.29) is 29.6 Å². The molecule has 0 radical (unpaired) electrons. The summed E-state index contributed by atoms with van der Waals surface area (Å²) in [6.45, 7) is 11.8. The van der Waals surface area contributed by atoms with Gasteiger partial charge in [0.1, 0.15) is 0 Å². The smallest absolute Gasteiger partial charge is 0.191 e. The summed E-state index contributed by atoms with van der Waals surface area (Å²) < 4.78 is 5.40. The van der Waals surface area contributed by atoms with Crippen molar-refractivity contribution >= 4 is 29.9 Å². The summed E-state index contributed by atoms with van der Waals surface area (Å²) in [6, 6.07) is 0. The van der Waals surface area contributed by atoms with Gasteiger partial charge in [-0.1, -0.05) is 0 Å². The molecule has 1 aliphatic rings. The lowest BCUT2D eigenvalue weighted by Gasteiger charge is -2.32. The fraction of sp³-hybridized carbons (Fsp3) is 0.938. The third kappa shape index (κ3) is 10.4. The summed E-state index contributed by atoms with van der Waals surface area (Å²) in [6.07, 6.45) is 2.40. The minimum atomic E-state index is -0.182. The quantitative estimate of drug-likeness (QED) is 0.257. The van der Waals surface area contributed by atoms with Crippen molar-refractivity contribution in [2.75, 3.05) is 67.0 Å². The summed E-state index contributed by atoms with van der Waals surface area (Å²) in [5, 5.41) is 6.67. The maximum atomic E-state index is 5.40. The van der Waals surface area contributed by atoms with E-state index in [1.54, 1.807) is 14.2 Å². The van der Waals surface area contributed by atoms with Gasteiger partial charge in [-0.25, -0.2) is 0 Å². The van der Waals surface area contributed by atoms with Crippen LogP contribution < -0.4 is 10.6 Å². The molecule has 0 atom stereocenters. The molecular weight excluding hydrogens is 405 g/mol. The van der Waals surface area contributed by atoms with Gasteiger partial charge >= 0.3 is 0 Å². The summed E-state index contributed by atoms with van der Waals surface area (Å²) in [5.41, 5.74) is -0.182. The number of ether oxygens (including phenoxy) is 1. The van der Waals surface area contributed by atoms with E-state index < -0.39 is 0 Å². The molecule has 6 nitrogen and oxygen atoms in total. The number of halogens is 1. The van der Waals surface area contributed by atoms with Gasteiger partial charge in [0, 0.05) is 53.4 Å². The molecule has 0 aromatic carbocycles. The van der Waals surface area contributed by atoms with Gasteiger partial charge in [0.2, 0.25) is 0 Å². The zero-order valence-corrected chi connectivity index (χ0v) is 17.9. The second-order valence-electron chi connectivity index (χ2n) is 6.67. The SMILES string of the molecule is CN=C(NCCCCN1CCN(C)CC1)NCC(C)(C)OC.I. The molecule has 1 saturated heterocycles. The number of guanidine groups is 1. The number of hydrogen-bond acceptors (Lipinski definition) is 4. The summed E-state index contributed by atoms with van der Waals surface area (Å²) in [4.78, 5) is 9.21. The lowest BCUT2D eigenvalue weighted by Crippen LogP contribution is -2.46. The lowest BCUT2D eigenvalue weighted by atomic mass is 10.1. The summed E-state index contributed by atoms with van der Waals surface area (Å²) in [7, 11) is 5.74. The highest BCUT2D eigenvalue weighted by Gasteiger charge is 2.16. The normalized spacial score (nSPS) is 17.7. The van der Waals surface area contributed by atoms with Crippen molar-refractivity contribution in [2.45, 2.75) is 32.3 Å². The third-order valence-electron chi connectivity index (χ3n) is 4.25. The van der Waals surface area contributed by atoms with Crippen LogP contribution in [0.4, 0.5) is 0 Å². The molecule has 23 heavy (non-hydrogen) atoms. The van der Waals surface area contributed by atoms with Crippen LogP contribution in [0, 0.1) is 0 Å². The highest BCUT2D eigenvalue weighted by atomic mass is 127. The molecule has 1 heterocycles. The van der Waals surface area contributed by atoms with Gasteiger partial charge in [-0.3, -0.25) is 4.99 Å². The third-order valence-corrected chi connectivity index (χ3v) is 4.25. The van der Waals surface area contributed by atoms with E-state index in [0.717, 1.165) is 19.0 Å². The Morgan fingerprint density at radius 1 is 1.13 bits per heavy atom. The molecule has 0 saturated carbocycles. The van der Waals surface area contributed by atoms with Crippen molar-refractivity contribution in [3.05, 3.63) is 0 Å². The van der Waals surface area contributed by atoms with Crippen molar-refractivity contribution in [1.29, 1.82) is 0 Å². The molecule has 2 N–H and O–H groups in total. The van der Waals surface area contributed by atoms with E-state index >= 15 is 0 Å². The Hall–Kier alpha value is -0.120. The maximum absolute atomic E-state index is 5.40. The molecule has 0 bridgehead atoms. The highest BCUT2D eigenvalue weighted by Crippen LogP contribution is 2.04. The summed E-state index contributed by atoms with van der Waals surface area (Å²) >= 11 is 0. The van der Waals surface area contributed by atoms with Gasteiger partial charge in [-0.2, -0.15) is 0 Å². The first-order valence-corrected chi connectivity index (χ1v) is 8.37. The fourth-order valence-electron chi connectivity index (χ4n) is 2.33. The van der Waals surface area contributed by atoms with Crippen LogP contribution in [-0.2, 0) is 4.74 Å². The lowest BCUT2D eigenvalue weighted by molar-refractivity contribution is 0.0268. The predicted molar refractivity (Wildman–Crippen MR) is 109 cm³/mol. The van der Waals surface area contributed by atoms with Gasteiger partial charge < -0.3 is 25.2 Å². The van der Waals surface area contributed by atoms with Crippen molar-refractivity contribution in [3.63, 3.8) is 0 Å². The van der Waals surface area contributed by atoms with Gasteiger partial charge in [0.25, 0.3) is 0 Å². The Morgan fingerprint density at radius 3 is 2.35 bits per heavy atom. The Morgan fingerprint density at radius 2 is 1.78 bits per heavy atom. The second kappa shape index (κ2) is 12.3. The number of piperazine rings is 1. The van der Waals surface area contributed by atoms with Crippen LogP contribution in [0.15, 0.2) is 4.99 Å². The highest BCUT2D eigenvalue weighted by molar-refractivity contribution is 14.0. The van der Waals surface area contributed by atoms with E-state index in [4.69, 9.17) is 4.74 Å². The number of unbranched alkanes of at least 4 members (excludes halogenated alkanes) is 1. The number of methoxy groups -OCH3 is 1. The average molecular weight is 441 g/mol. The first-order chi connectivity index (χ1) is 10.5. The molecule has 1 fully saturated rings. The molecule has 0 amide bonds. The minimum absolute atomic E-state index is 0. The molecule has 1 rings (SSSR count). The number of aliphatic imine (C=N–C) groups is 1. The molecule has 0 unspecified atom stereocenters. The van der Waals surface area contributed by atoms with Gasteiger partial charge in [0.15, 0.2) is 5.96 Å². The Bertz CT molecular complexity index is 330. The molecule has 1 aliphatic heterocycles. The monoisotopic (exact) mass is 441 g/mol. The van der Waals surface area contributed by atoms with Gasteiger partial charge in [0.05, 0.1) is 5.60 Å². The molecule has 0 aromatic rings. The Labute approximate surface area is 159 Å². The zero-order valence-electron chi connectivity index (χ0n) is 15.5. The number of hydrogen-bond donors (Lipinski definition) is 2. The number of likely N-dealkylation sites (N-methyl/N-ethyl adjacent to an activating group) is 1. The number of nitrogens with one attached hydrogen (secondary N) is 2. The topological polar surface area (TPSA) is 52.1 Å². The van der Waals surface area contributed by atoms with Gasteiger partial charge in [-0.05, 0) is 40.3 Å². The van der Waals surface area contributed by atoms with E-state index in [2.05, 4.69) is 46.3 Å². The molecule has 0 aromatic heterocycles. The van der Waals surface area contributed by atoms with Crippen LogP contribution in [0.3, 0.4) is 0 Å². The Kier molecular flexibility index (Phi) is 12.2. The van der Waals surface area contributed by atoms with Crippen LogP contribution in [0.25, 0.3) is 0 Å². The van der Waals surface area contributed by atoms with Crippen LogP contribution in [-0.4, -0.2) is 88.4 Å². The van der Waals surface area contributed by atoms with Gasteiger partial charge in [-0.15, -0.1) is 24.0 Å². The largest absolute Gasteiger partial charge is 0.377 e. The molecule has 7 heteroatoms. The van der Waals surface area contributed by atoms with E-state index in [0.29, 0.717) is 0 Å². The fourth-order valence-corrected chi connectivity index (χ4v) is 2.33. The predicted octanol–water partition coefficient (Wildman–Crippen LogP) is 1.22. The van der Waals surface area contributed by atoms with E-state index in [9.17, 15) is 0 Å². The van der Waals surface area contributed by atoms with Crippen molar-refractivity contribution in [1.82, 2.24) is 20.4 Å². The first-order valence-electron chi connectivity index (χ1n) is 8.37. The van der Waals surface area contributed by atoms with Crippen LogP contribution in [0.1, 0.15) is 26.7 Å². The molecular formula is C16H36IN5O. The zero-order chi connectivity index (χ0) is 16.4. The maximum Gasteiger partial charge on any atom is 0.191 e. The van der Waals surface area contributed by atoms with Crippen LogP contribution in [0.5, 0.6) is 0 Å². The van der Waals surface area contributed by atoms with Crippen LogP contribution >= 0.6 is 24.0 Å². The van der Waals surface area contributed by atoms with E-state index in [1.165, 1.54) is 45.6 Å². The van der Waals surface area contributed by atoms with Crippen molar-refractivity contribution in [3.8, 4) is 0 Å². The van der Waals surface area contributed by atoms with Crippen molar-refractivity contribution < 1.29 is 4.74 Å². The number of rotatable bonds is 8. The van der Waals surface area contributed by atoms with Crippen LogP contribution in [0.2, 0.25) is 0 Å². The average Bonchev–Trinajstić information content (AvgIpc) is 2.51. The first kappa shape index (κ1) is 22.9. The second-order valence-corrected chi connectivity index (χ2v) is 6.67. The molecule has 0 aliphatic carbocycles. The van der Waals surface area contributed by atoms with E-state index in [1.807, 2.05) is 0 Å². The summed E-state index contributed by atoms with van der Waals surface area (Å²) in [5.74, 6) is 0.852. The minimum Gasteiger partial charge on any atom is -0.377 e. The molecule has 0 spiro atoms. The standard InChI is InChI=1S/C16H35N5O.HI/c1-16(2,22-5)14-19-15(17-3)18-8-6-7-9-21-12-10-20(4)11-13-21;/h6-14H2,1-5H3,(H2,17,18,19);1H.